The first-order chi connectivity index (χ1) is 9.33. The second kappa shape index (κ2) is 5.16. The van der Waals surface area contributed by atoms with Crippen LogP contribution >= 0.6 is 11.6 Å². The van der Waals surface area contributed by atoms with Crippen LogP contribution in [0.5, 0.6) is 0 Å². The molecular formula is C15H10ClN3. The Labute approximate surface area is 116 Å². The molecule has 0 amide bonds. The Morgan fingerprint density at radius 1 is 0.684 bits per heavy atom. The van der Waals surface area contributed by atoms with Gasteiger partial charge in [0.2, 0.25) is 5.28 Å². The van der Waals surface area contributed by atoms with Crippen LogP contribution in [0, 0.1) is 0 Å². The molecule has 19 heavy (non-hydrogen) atoms. The van der Waals surface area contributed by atoms with Crippen molar-refractivity contribution in [2.75, 3.05) is 0 Å². The Morgan fingerprint density at radius 2 is 1.32 bits per heavy atom. The number of nitrogens with zero attached hydrogens (tertiary/aromatic N) is 3. The van der Waals surface area contributed by atoms with Gasteiger partial charge in [0.25, 0.3) is 0 Å². The first kappa shape index (κ1) is 11.8. The summed E-state index contributed by atoms with van der Waals surface area (Å²) in [6.07, 6.45) is 1.41. The zero-order valence-corrected chi connectivity index (χ0v) is 10.7. The molecule has 92 valence electrons. The first-order valence-electron chi connectivity index (χ1n) is 5.83. The lowest BCUT2D eigenvalue weighted by Crippen LogP contribution is -1.91. The van der Waals surface area contributed by atoms with E-state index in [-0.39, 0.29) is 5.28 Å². The second-order valence-corrected chi connectivity index (χ2v) is 4.36. The van der Waals surface area contributed by atoms with Gasteiger partial charge in [0.1, 0.15) is 6.33 Å². The Bertz CT molecular complexity index is 681. The average molecular weight is 268 g/mol. The maximum Gasteiger partial charge on any atom is 0.225 e. The maximum atomic E-state index is 5.76. The number of rotatable bonds is 2. The van der Waals surface area contributed by atoms with Crippen molar-refractivity contribution in [1.82, 2.24) is 15.0 Å². The summed E-state index contributed by atoms with van der Waals surface area (Å²) in [4.78, 5) is 12.0. The molecule has 0 atom stereocenters. The number of halogens is 1. The molecule has 0 radical (unpaired) electrons. The largest absolute Gasteiger partial charge is 0.225 e. The monoisotopic (exact) mass is 267 g/mol. The van der Waals surface area contributed by atoms with Gasteiger partial charge < -0.3 is 0 Å². The van der Waals surface area contributed by atoms with Gasteiger partial charge in [-0.3, -0.25) is 0 Å². The molecule has 0 aliphatic heterocycles. The van der Waals surface area contributed by atoms with E-state index in [4.69, 9.17) is 11.6 Å². The van der Waals surface area contributed by atoms with Crippen molar-refractivity contribution in [2.45, 2.75) is 0 Å². The van der Waals surface area contributed by atoms with Crippen molar-refractivity contribution < 1.29 is 0 Å². The predicted molar refractivity (Wildman–Crippen MR) is 75.7 cm³/mol. The van der Waals surface area contributed by atoms with Crippen LogP contribution in [0.2, 0.25) is 5.28 Å². The Balaban J connectivity index is 1.95. The Kier molecular flexibility index (Phi) is 3.21. The molecule has 0 bridgehead atoms. The zero-order chi connectivity index (χ0) is 13.1. The number of aromatic nitrogens is 3. The van der Waals surface area contributed by atoms with E-state index in [0.29, 0.717) is 5.82 Å². The molecule has 4 heteroatoms. The lowest BCUT2D eigenvalue weighted by Gasteiger charge is -2.03. The number of benzene rings is 2. The van der Waals surface area contributed by atoms with Gasteiger partial charge in [-0.15, -0.1) is 0 Å². The summed E-state index contributed by atoms with van der Waals surface area (Å²) >= 11 is 5.76. The predicted octanol–water partition coefficient (Wildman–Crippen LogP) is 3.86. The topological polar surface area (TPSA) is 38.7 Å². The van der Waals surface area contributed by atoms with Gasteiger partial charge in [0, 0.05) is 5.56 Å². The highest BCUT2D eigenvalue weighted by atomic mass is 35.5. The summed E-state index contributed by atoms with van der Waals surface area (Å²) < 4.78 is 0. The van der Waals surface area contributed by atoms with Crippen molar-refractivity contribution in [3.05, 3.63) is 66.2 Å². The van der Waals surface area contributed by atoms with Gasteiger partial charge in [0.05, 0.1) is 0 Å². The minimum atomic E-state index is 0.206. The van der Waals surface area contributed by atoms with Gasteiger partial charge in [-0.05, 0) is 22.7 Å². The van der Waals surface area contributed by atoms with E-state index in [1.807, 2.05) is 42.5 Å². The molecule has 3 aromatic rings. The molecule has 0 fully saturated rings. The fourth-order valence-electron chi connectivity index (χ4n) is 1.86. The summed E-state index contributed by atoms with van der Waals surface area (Å²) in [7, 11) is 0. The molecule has 0 N–H and O–H groups in total. The van der Waals surface area contributed by atoms with E-state index in [0.717, 1.165) is 11.1 Å². The van der Waals surface area contributed by atoms with Crippen LogP contribution in [0.3, 0.4) is 0 Å². The fourth-order valence-corrected chi connectivity index (χ4v) is 1.98. The summed E-state index contributed by atoms with van der Waals surface area (Å²) in [5.74, 6) is 0.583. The van der Waals surface area contributed by atoms with E-state index < -0.39 is 0 Å². The molecule has 3 nitrogen and oxygen atoms in total. The quantitative estimate of drug-likeness (QED) is 0.708. The molecular weight excluding hydrogens is 258 g/mol. The van der Waals surface area contributed by atoms with Crippen molar-refractivity contribution in [1.29, 1.82) is 0 Å². The zero-order valence-electron chi connectivity index (χ0n) is 9.99. The Morgan fingerprint density at radius 3 is 2.00 bits per heavy atom. The van der Waals surface area contributed by atoms with Gasteiger partial charge >= 0.3 is 0 Å². The van der Waals surface area contributed by atoms with Crippen LogP contribution in [0.4, 0.5) is 0 Å². The number of hydrogen-bond donors (Lipinski definition) is 0. The fraction of sp³-hybridized carbons (Fsp3) is 0. The average Bonchev–Trinajstić information content (AvgIpc) is 2.48. The van der Waals surface area contributed by atoms with Gasteiger partial charge in [0.15, 0.2) is 5.82 Å². The van der Waals surface area contributed by atoms with Crippen molar-refractivity contribution in [3.63, 3.8) is 0 Å². The van der Waals surface area contributed by atoms with E-state index in [1.54, 1.807) is 0 Å². The third-order valence-corrected chi connectivity index (χ3v) is 2.97. The van der Waals surface area contributed by atoms with Crippen LogP contribution in [0.15, 0.2) is 60.9 Å². The van der Waals surface area contributed by atoms with E-state index in [9.17, 15) is 0 Å². The first-order valence-corrected chi connectivity index (χ1v) is 6.21. The van der Waals surface area contributed by atoms with E-state index in [2.05, 4.69) is 27.1 Å². The highest BCUT2D eigenvalue weighted by molar-refractivity contribution is 6.28. The summed E-state index contributed by atoms with van der Waals surface area (Å²) in [6, 6.07) is 18.3. The van der Waals surface area contributed by atoms with Crippen LogP contribution in [-0.4, -0.2) is 15.0 Å². The van der Waals surface area contributed by atoms with Crippen LogP contribution in [-0.2, 0) is 0 Å². The molecule has 0 saturated heterocycles. The number of hydrogen-bond acceptors (Lipinski definition) is 3. The summed E-state index contributed by atoms with van der Waals surface area (Å²) in [5, 5.41) is 0.206. The maximum absolute atomic E-state index is 5.76. The van der Waals surface area contributed by atoms with Crippen molar-refractivity contribution in [2.24, 2.45) is 0 Å². The molecule has 0 spiro atoms. The third kappa shape index (κ3) is 2.61. The lowest BCUT2D eigenvalue weighted by molar-refractivity contribution is 1.06. The second-order valence-electron chi connectivity index (χ2n) is 4.02. The standard InChI is InChI=1S/C15H10ClN3/c16-15-18-10-17-14(19-15)13-8-6-12(7-9-13)11-4-2-1-3-5-11/h1-10H. The van der Waals surface area contributed by atoms with Crippen molar-refractivity contribution >= 4 is 11.6 Å². The molecule has 3 rings (SSSR count). The van der Waals surface area contributed by atoms with Crippen LogP contribution in [0.25, 0.3) is 22.5 Å². The van der Waals surface area contributed by atoms with E-state index >= 15 is 0 Å². The molecule has 0 aliphatic carbocycles. The SMILES string of the molecule is Clc1ncnc(-c2ccc(-c3ccccc3)cc2)n1. The highest BCUT2D eigenvalue weighted by Gasteiger charge is 2.03. The lowest BCUT2D eigenvalue weighted by atomic mass is 10.0. The molecule has 2 aromatic carbocycles. The summed E-state index contributed by atoms with van der Waals surface area (Å²) in [5.41, 5.74) is 3.26. The molecule has 1 aromatic heterocycles. The van der Waals surface area contributed by atoms with Gasteiger partial charge in [-0.1, -0.05) is 54.6 Å². The normalized spacial score (nSPS) is 10.4. The summed E-state index contributed by atoms with van der Waals surface area (Å²) in [6.45, 7) is 0. The smallest absolute Gasteiger partial charge is 0.216 e. The molecule has 0 aliphatic rings. The van der Waals surface area contributed by atoms with Gasteiger partial charge in [-0.2, -0.15) is 4.98 Å². The van der Waals surface area contributed by atoms with Gasteiger partial charge in [-0.25, -0.2) is 9.97 Å². The Hall–Kier alpha value is -2.26. The van der Waals surface area contributed by atoms with E-state index in [1.165, 1.54) is 11.9 Å². The van der Waals surface area contributed by atoms with Crippen LogP contribution in [0.1, 0.15) is 0 Å². The molecule has 1 heterocycles. The van der Waals surface area contributed by atoms with Crippen LogP contribution < -0.4 is 0 Å². The molecule has 0 unspecified atom stereocenters. The minimum Gasteiger partial charge on any atom is -0.216 e. The molecule has 0 saturated carbocycles. The van der Waals surface area contributed by atoms with Crippen molar-refractivity contribution in [3.8, 4) is 22.5 Å². The minimum absolute atomic E-state index is 0.206. The highest BCUT2D eigenvalue weighted by Crippen LogP contribution is 2.22. The third-order valence-electron chi connectivity index (χ3n) is 2.79.